The quantitative estimate of drug-likeness (QED) is 0.858. The second-order valence-electron chi connectivity index (χ2n) is 4.85. The SMILES string of the molecule is CCN(CC)C(=O)n1ccc(Sc2cccc(C)c2C)n1. The molecule has 0 atom stereocenters. The van der Waals surface area contributed by atoms with Gasteiger partial charge in [-0.3, -0.25) is 0 Å². The zero-order valence-corrected chi connectivity index (χ0v) is 13.8. The Labute approximate surface area is 130 Å². The van der Waals surface area contributed by atoms with Crippen LogP contribution in [0.4, 0.5) is 4.79 Å². The van der Waals surface area contributed by atoms with Crippen LogP contribution >= 0.6 is 11.8 Å². The molecule has 1 amide bonds. The van der Waals surface area contributed by atoms with Gasteiger partial charge < -0.3 is 4.90 Å². The fourth-order valence-electron chi connectivity index (χ4n) is 2.05. The van der Waals surface area contributed by atoms with Crippen molar-refractivity contribution in [2.75, 3.05) is 13.1 Å². The van der Waals surface area contributed by atoms with Crippen molar-refractivity contribution in [2.24, 2.45) is 0 Å². The molecule has 1 aromatic carbocycles. The first-order valence-corrected chi connectivity index (χ1v) is 7.97. The number of benzene rings is 1. The maximum atomic E-state index is 12.2. The molecule has 0 spiro atoms. The van der Waals surface area contributed by atoms with Crippen LogP contribution < -0.4 is 0 Å². The largest absolute Gasteiger partial charge is 0.344 e. The summed E-state index contributed by atoms with van der Waals surface area (Å²) in [6, 6.07) is 8.03. The Kier molecular flexibility index (Phi) is 5.07. The average molecular weight is 303 g/mol. The number of carbonyl (C=O) groups excluding carboxylic acids is 1. The summed E-state index contributed by atoms with van der Waals surface area (Å²) in [5.74, 6) is 0. The first-order valence-electron chi connectivity index (χ1n) is 7.15. The van der Waals surface area contributed by atoms with E-state index in [9.17, 15) is 4.79 Å². The lowest BCUT2D eigenvalue weighted by Gasteiger charge is -2.17. The van der Waals surface area contributed by atoms with Gasteiger partial charge in [-0.25, -0.2) is 4.79 Å². The van der Waals surface area contributed by atoms with Crippen molar-refractivity contribution in [2.45, 2.75) is 37.6 Å². The highest BCUT2D eigenvalue weighted by Gasteiger charge is 2.14. The Bertz CT molecular complexity index is 632. The fraction of sp³-hybridized carbons (Fsp3) is 0.375. The highest BCUT2D eigenvalue weighted by Crippen LogP contribution is 2.30. The van der Waals surface area contributed by atoms with Gasteiger partial charge in [-0.15, -0.1) is 0 Å². The zero-order chi connectivity index (χ0) is 15.4. The minimum Gasteiger partial charge on any atom is -0.323 e. The number of hydrogen-bond acceptors (Lipinski definition) is 3. The Hall–Kier alpha value is -1.75. The highest BCUT2D eigenvalue weighted by atomic mass is 32.2. The molecule has 2 aromatic rings. The first-order chi connectivity index (χ1) is 10.1. The van der Waals surface area contributed by atoms with E-state index in [0.717, 1.165) is 5.03 Å². The van der Waals surface area contributed by atoms with Crippen molar-refractivity contribution < 1.29 is 4.79 Å². The van der Waals surface area contributed by atoms with E-state index in [1.807, 2.05) is 26.0 Å². The number of aryl methyl sites for hydroxylation is 1. The van der Waals surface area contributed by atoms with Gasteiger partial charge >= 0.3 is 6.03 Å². The van der Waals surface area contributed by atoms with Crippen LogP contribution in [0.2, 0.25) is 0 Å². The molecule has 112 valence electrons. The molecule has 0 saturated carbocycles. The number of aromatic nitrogens is 2. The summed E-state index contributed by atoms with van der Waals surface area (Å²) in [7, 11) is 0. The normalized spacial score (nSPS) is 10.7. The molecule has 1 aromatic heterocycles. The molecule has 0 aliphatic carbocycles. The summed E-state index contributed by atoms with van der Waals surface area (Å²) in [6.07, 6.45) is 1.73. The minimum absolute atomic E-state index is 0.0761. The van der Waals surface area contributed by atoms with Crippen molar-refractivity contribution in [3.63, 3.8) is 0 Å². The molecular weight excluding hydrogens is 282 g/mol. The smallest absolute Gasteiger partial charge is 0.323 e. The van der Waals surface area contributed by atoms with E-state index in [1.165, 1.54) is 20.7 Å². The van der Waals surface area contributed by atoms with Crippen LogP contribution in [0.5, 0.6) is 0 Å². The van der Waals surface area contributed by atoms with Crippen molar-refractivity contribution in [1.82, 2.24) is 14.7 Å². The minimum atomic E-state index is -0.0761. The van der Waals surface area contributed by atoms with Crippen LogP contribution in [-0.4, -0.2) is 33.8 Å². The molecule has 2 rings (SSSR count). The van der Waals surface area contributed by atoms with Crippen LogP contribution in [0.25, 0.3) is 0 Å². The van der Waals surface area contributed by atoms with Crippen LogP contribution in [0.1, 0.15) is 25.0 Å². The van der Waals surface area contributed by atoms with Gasteiger partial charge in [0.05, 0.1) is 0 Å². The second kappa shape index (κ2) is 6.80. The molecule has 21 heavy (non-hydrogen) atoms. The van der Waals surface area contributed by atoms with E-state index in [2.05, 4.69) is 31.1 Å². The number of amides is 1. The van der Waals surface area contributed by atoms with Gasteiger partial charge in [0, 0.05) is 24.2 Å². The van der Waals surface area contributed by atoms with E-state index in [4.69, 9.17) is 0 Å². The molecule has 0 unspecified atom stereocenters. The van der Waals surface area contributed by atoms with E-state index in [0.29, 0.717) is 13.1 Å². The average Bonchev–Trinajstić information content (AvgIpc) is 2.93. The Morgan fingerprint density at radius 2 is 1.95 bits per heavy atom. The van der Waals surface area contributed by atoms with E-state index in [-0.39, 0.29) is 6.03 Å². The van der Waals surface area contributed by atoms with Gasteiger partial charge in [0.25, 0.3) is 0 Å². The number of hydrogen-bond donors (Lipinski definition) is 0. The summed E-state index contributed by atoms with van der Waals surface area (Å²) in [5, 5.41) is 5.22. The first kappa shape index (κ1) is 15.6. The third-order valence-electron chi connectivity index (χ3n) is 3.56. The number of carbonyl (C=O) groups is 1. The maximum absolute atomic E-state index is 12.2. The summed E-state index contributed by atoms with van der Waals surface area (Å²) >= 11 is 1.59. The van der Waals surface area contributed by atoms with E-state index in [1.54, 1.807) is 22.9 Å². The molecule has 0 bridgehead atoms. The zero-order valence-electron chi connectivity index (χ0n) is 13.0. The van der Waals surface area contributed by atoms with Crippen LogP contribution in [0, 0.1) is 13.8 Å². The molecule has 0 aliphatic rings. The van der Waals surface area contributed by atoms with Gasteiger partial charge in [0.1, 0.15) is 5.03 Å². The highest BCUT2D eigenvalue weighted by molar-refractivity contribution is 7.99. The topological polar surface area (TPSA) is 38.1 Å². The van der Waals surface area contributed by atoms with Gasteiger partial charge in [-0.2, -0.15) is 9.78 Å². The molecule has 5 heteroatoms. The summed E-state index contributed by atoms with van der Waals surface area (Å²) in [5.41, 5.74) is 2.52. The van der Waals surface area contributed by atoms with E-state index >= 15 is 0 Å². The monoisotopic (exact) mass is 303 g/mol. The van der Waals surface area contributed by atoms with Crippen molar-refractivity contribution >= 4 is 17.8 Å². The predicted molar refractivity (Wildman–Crippen MR) is 86.0 cm³/mol. The van der Waals surface area contributed by atoms with Gasteiger partial charge in [-0.05, 0) is 51.0 Å². The molecule has 0 radical (unpaired) electrons. The van der Waals surface area contributed by atoms with Crippen molar-refractivity contribution in [1.29, 1.82) is 0 Å². The summed E-state index contributed by atoms with van der Waals surface area (Å²) in [4.78, 5) is 15.1. The lowest BCUT2D eigenvalue weighted by Crippen LogP contribution is -2.34. The molecule has 0 fully saturated rings. The van der Waals surface area contributed by atoms with Gasteiger partial charge in [-0.1, -0.05) is 23.9 Å². The second-order valence-corrected chi connectivity index (χ2v) is 5.92. The van der Waals surface area contributed by atoms with Crippen LogP contribution in [-0.2, 0) is 0 Å². The Balaban J connectivity index is 2.17. The number of nitrogens with zero attached hydrogens (tertiary/aromatic N) is 3. The molecule has 0 N–H and O–H groups in total. The lowest BCUT2D eigenvalue weighted by molar-refractivity contribution is 0.201. The molecular formula is C16H21N3OS. The summed E-state index contributed by atoms with van der Waals surface area (Å²) in [6.45, 7) is 9.52. The van der Waals surface area contributed by atoms with Crippen LogP contribution in [0.15, 0.2) is 40.4 Å². The molecule has 1 heterocycles. The Morgan fingerprint density at radius 3 is 2.62 bits per heavy atom. The van der Waals surface area contributed by atoms with Gasteiger partial charge in [0.15, 0.2) is 0 Å². The van der Waals surface area contributed by atoms with Gasteiger partial charge in [0.2, 0.25) is 0 Å². The molecule has 4 nitrogen and oxygen atoms in total. The van der Waals surface area contributed by atoms with Crippen LogP contribution in [0.3, 0.4) is 0 Å². The summed E-state index contributed by atoms with van der Waals surface area (Å²) < 4.78 is 1.42. The van der Waals surface area contributed by atoms with Crippen molar-refractivity contribution in [3.8, 4) is 0 Å². The fourth-order valence-corrected chi connectivity index (χ4v) is 3.00. The Morgan fingerprint density at radius 1 is 1.24 bits per heavy atom. The molecule has 0 aliphatic heterocycles. The number of rotatable bonds is 4. The molecule has 0 saturated heterocycles. The van der Waals surface area contributed by atoms with E-state index < -0.39 is 0 Å². The predicted octanol–water partition coefficient (Wildman–Crippen LogP) is 3.96. The maximum Gasteiger partial charge on any atom is 0.344 e. The standard InChI is InChI=1S/C16H21N3OS/c1-5-18(6-2)16(20)19-11-10-15(17-19)21-14-9-7-8-12(3)13(14)4/h7-11H,5-6H2,1-4H3. The van der Waals surface area contributed by atoms with Crippen molar-refractivity contribution in [3.05, 3.63) is 41.6 Å². The third kappa shape index (κ3) is 3.47. The third-order valence-corrected chi connectivity index (χ3v) is 4.65. The lowest BCUT2D eigenvalue weighted by atomic mass is 10.1.